The molecule has 0 saturated carbocycles. The van der Waals surface area contributed by atoms with E-state index in [9.17, 15) is 9.59 Å². The van der Waals surface area contributed by atoms with E-state index in [0.717, 1.165) is 0 Å². The first-order valence-electron chi connectivity index (χ1n) is 6.11. The number of carboxylic acids is 1. The minimum Gasteiger partial charge on any atom is -0.481 e. The topological polar surface area (TPSA) is 63.6 Å². The van der Waals surface area contributed by atoms with Crippen LogP contribution in [0.5, 0.6) is 0 Å². The van der Waals surface area contributed by atoms with Crippen LogP contribution in [0.2, 0.25) is 0 Å². The van der Waals surface area contributed by atoms with E-state index < -0.39 is 12.1 Å². The zero-order valence-electron chi connectivity index (χ0n) is 12.3. The molecule has 0 unspecified atom stereocenters. The average molecular weight is 260 g/mol. The second-order valence-electron chi connectivity index (χ2n) is 6.92. The van der Waals surface area contributed by atoms with Crippen molar-refractivity contribution in [2.45, 2.75) is 39.7 Å². The Morgan fingerprint density at radius 1 is 1.22 bits per heavy atom. The number of carbonyl (C=O) groups excluding carboxylic acids is 1. The van der Waals surface area contributed by atoms with E-state index in [0.29, 0.717) is 17.4 Å². The summed E-state index contributed by atoms with van der Waals surface area (Å²) >= 11 is 0. The van der Waals surface area contributed by atoms with Crippen LogP contribution in [-0.2, 0) is 14.3 Å². The summed E-state index contributed by atoms with van der Waals surface area (Å²) in [5.74, 6) is -1.28. The number of carbonyl (C=O) groups is 2. The van der Waals surface area contributed by atoms with Gasteiger partial charge in [0.15, 0.2) is 6.10 Å². The standard InChI is InChI=1S/C13H25NO4/c1-13(2,3)8-12(17)18-10(7-11(15)16)9-14(4,5)6/h10H,7-9H2,1-6H3/p+1/t10-/m1/s1. The van der Waals surface area contributed by atoms with Gasteiger partial charge in [-0.3, -0.25) is 9.59 Å². The maximum Gasteiger partial charge on any atom is 0.307 e. The van der Waals surface area contributed by atoms with Gasteiger partial charge in [0.2, 0.25) is 0 Å². The fourth-order valence-electron chi connectivity index (χ4n) is 1.61. The molecule has 0 aromatic rings. The third kappa shape index (κ3) is 10.1. The summed E-state index contributed by atoms with van der Waals surface area (Å²) in [5, 5.41) is 8.83. The van der Waals surface area contributed by atoms with Crippen LogP contribution in [0.3, 0.4) is 0 Å². The van der Waals surface area contributed by atoms with E-state index in [-0.39, 0.29) is 17.8 Å². The summed E-state index contributed by atoms with van der Waals surface area (Å²) in [6.07, 6.45) is -0.427. The lowest BCUT2D eigenvalue weighted by atomic mass is 9.92. The molecule has 0 radical (unpaired) electrons. The third-order valence-corrected chi connectivity index (χ3v) is 2.13. The Kier molecular flexibility index (Phi) is 5.80. The van der Waals surface area contributed by atoms with Gasteiger partial charge in [-0.05, 0) is 5.41 Å². The Bertz CT molecular complexity index is 299. The summed E-state index contributed by atoms with van der Waals surface area (Å²) in [4.78, 5) is 22.5. The maximum absolute atomic E-state index is 11.7. The van der Waals surface area contributed by atoms with E-state index in [2.05, 4.69) is 0 Å². The first-order valence-corrected chi connectivity index (χ1v) is 6.11. The lowest BCUT2D eigenvalue weighted by Gasteiger charge is -2.29. The van der Waals surface area contributed by atoms with Crippen LogP contribution in [0, 0.1) is 5.41 Å². The second kappa shape index (κ2) is 6.18. The fourth-order valence-corrected chi connectivity index (χ4v) is 1.61. The first kappa shape index (κ1) is 16.9. The van der Waals surface area contributed by atoms with Crippen molar-refractivity contribution in [1.82, 2.24) is 0 Å². The van der Waals surface area contributed by atoms with Crippen LogP contribution in [0.25, 0.3) is 0 Å². The Morgan fingerprint density at radius 2 is 1.72 bits per heavy atom. The van der Waals surface area contributed by atoms with Crippen molar-refractivity contribution in [2.75, 3.05) is 27.7 Å². The molecule has 18 heavy (non-hydrogen) atoms. The van der Waals surface area contributed by atoms with Gasteiger partial charge in [-0.1, -0.05) is 20.8 Å². The fraction of sp³-hybridized carbons (Fsp3) is 0.846. The van der Waals surface area contributed by atoms with E-state index in [1.165, 1.54) is 0 Å². The number of hydrogen-bond donors (Lipinski definition) is 1. The van der Waals surface area contributed by atoms with Crippen molar-refractivity contribution >= 4 is 11.9 Å². The summed E-state index contributed by atoms with van der Waals surface area (Å²) in [6, 6.07) is 0. The van der Waals surface area contributed by atoms with Crippen molar-refractivity contribution in [3.63, 3.8) is 0 Å². The molecule has 5 heteroatoms. The molecule has 106 valence electrons. The number of quaternary nitrogens is 1. The smallest absolute Gasteiger partial charge is 0.307 e. The largest absolute Gasteiger partial charge is 0.481 e. The van der Waals surface area contributed by atoms with Crippen molar-refractivity contribution in [1.29, 1.82) is 0 Å². The molecule has 1 N–H and O–H groups in total. The normalized spacial score (nSPS) is 14.1. The Balaban J connectivity index is 4.50. The molecule has 0 aliphatic rings. The molecule has 0 heterocycles. The Morgan fingerprint density at radius 3 is 2.06 bits per heavy atom. The van der Waals surface area contributed by atoms with Gasteiger partial charge in [-0.2, -0.15) is 0 Å². The average Bonchev–Trinajstić information content (AvgIpc) is 1.92. The molecule has 0 aliphatic carbocycles. The van der Waals surface area contributed by atoms with E-state index >= 15 is 0 Å². The second-order valence-corrected chi connectivity index (χ2v) is 6.92. The van der Waals surface area contributed by atoms with Crippen LogP contribution in [0.15, 0.2) is 0 Å². The molecule has 1 atom stereocenters. The molecule has 0 amide bonds. The van der Waals surface area contributed by atoms with Crippen LogP contribution in [-0.4, -0.2) is 55.3 Å². The van der Waals surface area contributed by atoms with Gasteiger partial charge >= 0.3 is 11.9 Å². The van der Waals surface area contributed by atoms with Crippen LogP contribution < -0.4 is 0 Å². The highest BCUT2D eigenvalue weighted by atomic mass is 16.5. The summed E-state index contributed by atoms with van der Waals surface area (Å²) in [6.45, 7) is 6.32. The van der Waals surface area contributed by atoms with Gasteiger partial charge in [0, 0.05) is 0 Å². The number of carboxylic acid groups (broad SMARTS) is 1. The van der Waals surface area contributed by atoms with Crippen molar-refractivity contribution < 1.29 is 23.9 Å². The predicted molar refractivity (Wildman–Crippen MR) is 69.1 cm³/mol. The lowest BCUT2D eigenvalue weighted by Crippen LogP contribution is -2.44. The van der Waals surface area contributed by atoms with E-state index in [1.807, 2.05) is 41.9 Å². The number of esters is 1. The van der Waals surface area contributed by atoms with Gasteiger partial charge in [-0.15, -0.1) is 0 Å². The van der Waals surface area contributed by atoms with Gasteiger partial charge < -0.3 is 14.3 Å². The summed E-state index contributed by atoms with van der Waals surface area (Å²) in [5.41, 5.74) is -0.151. The molecule has 0 aliphatic heterocycles. The quantitative estimate of drug-likeness (QED) is 0.581. The van der Waals surface area contributed by atoms with Gasteiger partial charge in [0.05, 0.1) is 34.0 Å². The molecule has 0 aromatic heterocycles. The monoisotopic (exact) mass is 260 g/mol. The van der Waals surface area contributed by atoms with Gasteiger partial charge in [0.1, 0.15) is 6.54 Å². The zero-order chi connectivity index (χ0) is 14.6. The molecular weight excluding hydrogens is 234 g/mol. The van der Waals surface area contributed by atoms with Crippen LogP contribution in [0.4, 0.5) is 0 Å². The number of rotatable bonds is 6. The number of aliphatic carboxylic acids is 1. The molecular formula is C13H26NO4+. The number of likely N-dealkylation sites (N-methyl/N-ethyl adjacent to an activating group) is 1. The van der Waals surface area contributed by atoms with Crippen LogP contribution >= 0.6 is 0 Å². The van der Waals surface area contributed by atoms with Crippen molar-refractivity contribution in [3.8, 4) is 0 Å². The lowest BCUT2D eigenvalue weighted by molar-refractivity contribution is -0.873. The molecule has 0 saturated heterocycles. The molecule has 0 spiro atoms. The highest BCUT2D eigenvalue weighted by Crippen LogP contribution is 2.20. The Labute approximate surface area is 109 Å². The SMILES string of the molecule is CC(C)(C)CC(=O)O[C@H](CC(=O)O)C[N+](C)(C)C. The van der Waals surface area contributed by atoms with Gasteiger partial charge in [0.25, 0.3) is 0 Å². The molecule has 5 nitrogen and oxygen atoms in total. The molecule has 0 fully saturated rings. The summed E-state index contributed by atoms with van der Waals surface area (Å²) in [7, 11) is 5.81. The van der Waals surface area contributed by atoms with Gasteiger partial charge in [-0.25, -0.2) is 0 Å². The number of hydrogen-bond acceptors (Lipinski definition) is 3. The van der Waals surface area contributed by atoms with Crippen LogP contribution in [0.1, 0.15) is 33.6 Å². The predicted octanol–water partition coefficient (Wildman–Crippen LogP) is 1.52. The Hall–Kier alpha value is -1.10. The highest BCUT2D eigenvalue weighted by Gasteiger charge is 2.26. The van der Waals surface area contributed by atoms with E-state index in [4.69, 9.17) is 9.84 Å². The third-order valence-electron chi connectivity index (χ3n) is 2.13. The first-order chi connectivity index (χ1) is 7.89. The number of nitrogens with zero attached hydrogens (tertiary/aromatic N) is 1. The minimum atomic E-state index is -0.947. The minimum absolute atomic E-state index is 0.147. The molecule has 0 bridgehead atoms. The number of ether oxygens (including phenoxy) is 1. The molecule has 0 rings (SSSR count). The van der Waals surface area contributed by atoms with Crippen molar-refractivity contribution in [2.24, 2.45) is 5.41 Å². The van der Waals surface area contributed by atoms with E-state index in [1.54, 1.807) is 0 Å². The molecule has 0 aromatic carbocycles. The summed E-state index contributed by atoms with van der Waals surface area (Å²) < 4.78 is 5.83. The zero-order valence-corrected chi connectivity index (χ0v) is 12.3. The van der Waals surface area contributed by atoms with Crippen molar-refractivity contribution in [3.05, 3.63) is 0 Å². The maximum atomic E-state index is 11.7. The highest BCUT2D eigenvalue weighted by molar-refractivity contribution is 5.72.